The van der Waals surface area contributed by atoms with Crippen molar-refractivity contribution in [2.45, 2.75) is 52.4 Å². The molecule has 2 radical (unpaired) electrons. The Labute approximate surface area is 195 Å². The lowest BCUT2D eigenvalue weighted by molar-refractivity contribution is -0.368. The van der Waals surface area contributed by atoms with E-state index in [1.54, 1.807) is 24.3 Å². The first-order valence-electron chi connectivity index (χ1n) is 10.6. The van der Waals surface area contributed by atoms with Gasteiger partial charge < -0.3 is 4.74 Å². The van der Waals surface area contributed by atoms with Gasteiger partial charge >= 0.3 is 18.2 Å². The van der Waals surface area contributed by atoms with E-state index >= 15 is 0 Å². The van der Waals surface area contributed by atoms with Gasteiger partial charge in [0, 0.05) is 6.61 Å². The molecule has 0 N–H and O–H groups in total. The minimum absolute atomic E-state index is 0.0454. The molecule has 0 amide bonds. The van der Waals surface area contributed by atoms with E-state index in [0.29, 0.717) is 0 Å². The van der Waals surface area contributed by atoms with Gasteiger partial charge in [0.2, 0.25) is 0 Å². The maximum Gasteiger partial charge on any atom is 0.373 e. The lowest BCUT2D eigenvalue weighted by Gasteiger charge is -2.19. The zero-order chi connectivity index (χ0) is 24.6. The average molecular weight is 457 g/mol. The number of carbonyl (C=O) groups is 2. The third-order valence-corrected chi connectivity index (χ3v) is 4.76. The second kappa shape index (κ2) is 11.4. The number of hydrogen-bond acceptors (Lipinski definition) is 7. The monoisotopic (exact) mass is 456 g/mol. The van der Waals surface area contributed by atoms with Gasteiger partial charge in [-0.2, -0.15) is 0 Å². The Morgan fingerprint density at radius 3 is 1.33 bits per heavy atom. The second-order valence-corrected chi connectivity index (χ2v) is 9.49. The van der Waals surface area contributed by atoms with Crippen LogP contribution in [0.2, 0.25) is 0 Å². The van der Waals surface area contributed by atoms with Gasteiger partial charge in [-0.3, -0.25) is 9.78 Å². The Bertz CT molecular complexity index is 830. The van der Waals surface area contributed by atoms with E-state index in [0.717, 1.165) is 11.1 Å². The van der Waals surface area contributed by atoms with Gasteiger partial charge in [-0.15, -0.1) is 9.78 Å². The van der Waals surface area contributed by atoms with Gasteiger partial charge in [0.15, 0.2) is 0 Å². The normalized spacial score (nSPS) is 12.0. The molecule has 178 valence electrons. The summed E-state index contributed by atoms with van der Waals surface area (Å²) < 4.78 is 5.10. The van der Waals surface area contributed by atoms with E-state index in [2.05, 4.69) is 48.5 Å². The Morgan fingerprint density at radius 1 is 0.667 bits per heavy atom. The molecule has 0 aliphatic carbocycles. The Kier molecular flexibility index (Phi) is 9.16. The van der Waals surface area contributed by atoms with Crippen molar-refractivity contribution in [1.29, 1.82) is 0 Å². The number of hydrogen-bond donors (Lipinski definition) is 0. The third-order valence-electron chi connectivity index (χ3n) is 4.76. The molecule has 0 aromatic heterocycles. The molecule has 0 bridgehead atoms. The largest absolute Gasteiger partial charge is 0.375 e. The van der Waals surface area contributed by atoms with Gasteiger partial charge in [-0.1, -0.05) is 65.8 Å². The highest BCUT2D eigenvalue weighted by Crippen LogP contribution is 2.24. The van der Waals surface area contributed by atoms with Gasteiger partial charge in [0.1, 0.15) is 6.61 Å². The maximum atomic E-state index is 12.3. The molecule has 0 aliphatic heterocycles. The summed E-state index contributed by atoms with van der Waals surface area (Å²) in [5, 5.41) is 0. The summed E-state index contributed by atoms with van der Waals surface area (Å²) in [6, 6.07) is 13.9. The molecule has 2 aromatic carbocycles. The average Bonchev–Trinajstić information content (AvgIpc) is 2.77. The molecule has 7 heteroatoms. The van der Waals surface area contributed by atoms with Crippen LogP contribution in [0.25, 0.3) is 0 Å². The predicted molar refractivity (Wildman–Crippen MR) is 123 cm³/mol. The van der Waals surface area contributed by atoms with Crippen LogP contribution in [0.15, 0.2) is 48.5 Å². The molecule has 33 heavy (non-hydrogen) atoms. The van der Waals surface area contributed by atoms with Crippen LogP contribution in [0.3, 0.4) is 0 Å². The minimum Gasteiger partial charge on any atom is -0.375 e. The SMILES string of the molecule is [CH2]COC[C](OOC(=O)c1ccc(C(C)(C)C)cc1)OOC(=O)c1ccc(C(C)(C)C)cc1. The van der Waals surface area contributed by atoms with Crippen molar-refractivity contribution in [3.05, 3.63) is 84.0 Å². The van der Waals surface area contributed by atoms with Crippen molar-refractivity contribution in [2.24, 2.45) is 0 Å². The van der Waals surface area contributed by atoms with Crippen LogP contribution < -0.4 is 0 Å². The van der Waals surface area contributed by atoms with E-state index in [-0.39, 0.29) is 41.5 Å². The van der Waals surface area contributed by atoms with Crippen LogP contribution in [0, 0.1) is 13.2 Å². The lowest BCUT2D eigenvalue weighted by atomic mass is 9.87. The van der Waals surface area contributed by atoms with E-state index in [1.807, 2.05) is 24.3 Å². The summed E-state index contributed by atoms with van der Waals surface area (Å²) in [6.45, 7) is 15.8. The van der Waals surface area contributed by atoms with Gasteiger partial charge in [-0.05, 0) is 53.1 Å². The molecule has 2 rings (SSSR count). The van der Waals surface area contributed by atoms with Gasteiger partial charge in [0.05, 0.1) is 11.1 Å². The van der Waals surface area contributed by atoms with Crippen LogP contribution in [0.1, 0.15) is 73.4 Å². The Balaban J connectivity index is 1.93. The second-order valence-electron chi connectivity index (χ2n) is 9.49. The summed E-state index contributed by atoms with van der Waals surface area (Å²) in [6.07, 6.45) is -0.363. The summed E-state index contributed by atoms with van der Waals surface area (Å²) >= 11 is 0. The smallest absolute Gasteiger partial charge is 0.373 e. The lowest BCUT2D eigenvalue weighted by Crippen LogP contribution is -2.20. The number of ether oxygens (including phenoxy) is 1. The zero-order valence-electron chi connectivity index (χ0n) is 20.1. The molecule has 0 spiro atoms. The van der Waals surface area contributed by atoms with Crippen molar-refractivity contribution in [1.82, 2.24) is 0 Å². The van der Waals surface area contributed by atoms with Crippen LogP contribution >= 0.6 is 0 Å². The van der Waals surface area contributed by atoms with E-state index in [9.17, 15) is 9.59 Å². The Hall–Kier alpha value is -2.74. The van der Waals surface area contributed by atoms with Crippen molar-refractivity contribution in [3.8, 4) is 0 Å². The zero-order valence-corrected chi connectivity index (χ0v) is 20.1. The van der Waals surface area contributed by atoms with Crippen LogP contribution in [0.4, 0.5) is 0 Å². The first-order chi connectivity index (χ1) is 15.4. The maximum absolute atomic E-state index is 12.3. The third kappa shape index (κ3) is 8.28. The van der Waals surface area contributed by atoms with Crippen molar-refractivity contribution in [3.63, 3.8) is 0 Å². The molecular formula is C26H32O7. The number of benzene rings is 2. The molecule has 0 aliphatic rings. The van der Waals surface area contributed by atoms with E-state index in [1.165, 1.54) is 0 Å². The fourth-order valence-corrected chi connectivity index (χ4v) is 2.69. The number of carbonyl (C=O) groups excluding carboxylic acids is 2. The molecular weight excluding hydrogens is 424 g/mol. The minimum atomic E-state index is -0.740. The highest BCUT2D eigenvalue weighted by atomic mass is 17.3. The molecule has 0 fully saturated rings. The highest BCUT2D eigenvalue weighted by molar-refractivity contribution is 5.89. The molecule has 0 atom stereocenters. The molecule has 0 saturated heterocycles. The van der Waals surface area contributed by atoms with Crippen LogP contribution in [0.5, 0.6) is 0 Å². The fourth-order valence-electron chi connectivity index (χ4n) is 2.69. The number of rotatable bonds is 9. The molecule has 0 unspecified atom stereocenters. The van der Waals surface area contributed by atoms with E-state index in [4.69, 9.17) is 24.3 Å². The Morgan fingerprint density at radius 2 is 1.03 bits per heavy atom. The fraction of sp³-hybridized carbons (Fsp3) is 0.385. The van der Waals surface area contributed by atoms with Crippen LogP contribution in [-0.4, -0.2) is 25.2 Å². The predicted octanol–water partition coefficient (Wildman–Crippen LogP) is 5.50. The quantitative estimate of drug-likeness (QED) is 0.364. The van der Waals surface area contributed by atoms with Gasteiger partial charge in [-0.25, -0.2) is 9.59 Å². The summed E-state index contributed by atoms with van der Waals surface area (Å²) in [5.74, 6) is -1.48. The standard InChI is InChI=1S/C26H32O7/c1-8-29-17-22(30-32-23(27)18-9-13-20(14-10-18)25(2,3)4)31-33-24(28)19-11-15-21(16-12-19)26(5,6)7/h9-16H,1,8,17H2,2-7H3. The summed E-state index contributed by atoms with van der Waals surface area (Å²) in [7, 11) is 0. The molecule has 7 nitrogen and oxygen atoms in total. The molecule has 0 saturated carbocycles. The van der Waals surface area contributed by atoms with Crippen molar-refractivity contribution >= 4 is 11.9 Å². The summed E-state index contributed by atoms with van der Waals surface area (Å²) in [4.78, 5) is 44.0. The topological polar surface area (TPSA) is 80.3 Å². The van der Waals surface area contributed by atoms with Gasteiger partial charge in [0.25, 0.3) is 0 Å². The van der Waals surface area contributed by atoms with Crippen molar-refractivity contribution < 1.29 is 33.9 Å². The van der Waals surface area contributed by atoms with E-state index < -0.39 is 11.9 Å². The van der Waals surface area contributed by atoms with Crippen molar-refractivity contribution in [2.75, 3.05) is 13.2 Å². The molecule has 2 aromatic rings. The highest BCUT2D eigenvalue weighted by Gasteiger charge is 2.23. The first-order valence-corrected chi connectivity index (χ1v) is 10.6. The molecule has 0 heterocycles. The summed E-state index contributed by atoms with van der Waals surface area (Å²) in [5.41, 5.74) is 2.63. The van der Waals surface area contributed by atoms with Crippen LogP contribution in [-0.2, 0) is 35.1 Å². The first kappa shape index (κ1) is 26.5.